The first-order valence-electron chi connectivity index (χ1n) is 3.63. The van der Waals surface area contributed by atoms with Crippen molar-refractivity contribution >= 4 is 5.97 Å². The molecule has 0 aliphatic carbocycles. The fourth-order valence-electron chi connectivity index (χ4n) is 0.864. The second-order valence-electron chi connectivity index (χ2n) is 2.53. The van der Waals surface area contributed by atoms with Crippen molar-refractivity contribution in [1.82, 2.24) is 9.97 Å². The monoisotopic (exact) mass is 168 g/mol. The van der Waals surface area contributed by atoms with Crippen LogP contribution in [0.2, 0.25) is 0 Å². The third-order valence-corrected chi connectivity index (χ3v) is 1.60. The van der Waals surface area contributed by atoms with Crippen LogP contribution in [0.15, 0.2) is 12.5 Å². The summed E-state index contributed by atoms with van der Waals surface area (Å²) in [6.07, 6.45) is 2.79. The van der Waals surface area contributed by atoms with Crippen LogP contribution in [-0.4, -0.2) is 35.3 Å². The first-order valence-corrected chi connectivity index (χ1v) is 3.63. The van der Waals surface area contributed by atoms with Crippen molar-refractivity contribution in [2.45, 2.75) is 6.10 Å². The zero-order chi connectivity index (χ0) is 8.39. The average Bonchev–Trinajstić information content (AvgIpc) is 2.47. The number of aromatic nitrogens is 2. The number of hydrogen-bond acceptors (Lipinski definition) is 4. The number of nitrogens with zero attached hydrogens (tertiary/aromatic N) is 1. The lowest BCUT2D eigenvalue weighted by molar-refractivity contribution is -0.103. The molecule has 0 unspecified atom stereocenters. The van der Waals surface area contributed by atoms with Crippen LogP contribution in [0.3, 0.4) is 0 Å². The summed E-state index contributed by atoms with van der Waals surface area (Å²) < 4.78 is 9.85. The second-order valence-corrected chi connectivity index (χ2v) is 2.53. The summed E-state index contributed by atoms with van der Waals surface area (Å²) >= 11 is 0. The van der Waals surface area contributed by atoms with E-state index in [1.807, 2.05) is 0 Å². The molecule has 64 valence electrons. The number of ether oxygens (including phenoxy) is 2. The number of carbonyl (C=O) groups is 1. The van der Waals surface area contributed by atoms with Crippen molar-refractivity contribution in [2.75, 3.05) is 13.2 Å². The molecule has 1 aliphatic heterocycles. The fraction of sp³-hybridized carbons (Fsp3) is 0.429. The van der Waals surface area contributed by atoms with E-state index in [0.29, 0.717) is 18.9 Å². The van der Waals surface area contributed by atoms with Crippen LogP contribution in [0.5, 0.6) is 0 Å². The first-order chi connectivity index (χ1) is 5.86. The number of hydrogen-bond donors (Lipinski definition) is 1. The normalized spacial score (nSPS) is 17.0. The lowest BCUT2D eigenvalue weighted by Gasteiger charge is -2.25. The summed E-state index contributed by atoms with van der Waals surface area (Å²) in [6.45, 7) is 1.000. The maximum atomic E-state index is 11.2. The Kier molecular flexibility index (Phi) is 1.79. The predicted molar refractivity (Wildman–Crippen MR) is 38.6 cm³/mol. The van der Waals surface area contributed by atoms with Crippen LogP contribution in [-0.2, 0) is 9.47 Å². The predicted octanol–water partition coefficient (Wildman–Crippen LogP) is -0.0347. The molecule has 12 heavy (non-hydrogen) atoms. The molecule has 5 nitrogen and oxygen atoms in total. The van der Waals surface area contributed by atoms with Gasteiger partial charge in [0.2, 0.25) is 0 Å². The molecule has 0 saturated carbocycles. The van der Waals surface area contributed by atoms with Crippen molar-refractivity contribution in [3.63, 3.8) is 0 Å². The number of rotatable bonds is 2. The van der Waals surface area contributed by atoms with E-state index in [-0.39, 0.29) is 12.1 Å². The van der Waals surface area contributed by atoms with Gasteiger partial charge < -0.3 is 14.5 Å². The average molecular weight is 168 g/mol. The van der Waals surface area contributed by atoms with Gasteiger partial charge in [0.15, 0.2) is 0 Å². The molecule has 0 atom stereocenters. The molecular weight excluding hydrogens is 160 g/mol. The van der Waals surface area contributed by atoms with Gasteiger partial charge in [0.1, 0.15) is 11.8 Å². The third-order valence-electron chi connectivity index (χ3n) is 1.60. The number of esters is 1. The second kappa shape index (κ2) is 2.94. The third kappa shape index (κ3) is 1.31. The molecule has 0 spiro atoms. The summed E-state index contributed by atoms with van der Waals surface area (Å²) in [7, 11) is 0. The maximum Gasteiger partial charge on any atom is 0.356 e. The highest BCUT2D eigenvalue weighted by molar-refractivity contribution is 5.87. The topological polar surface area (TPSA) is 64.2 Å². The highest BCUT2D eigenvalue weighted by Crippen LogP contribution is 2.07. The van der Waals surface area contributed by atoms with E-state index in [1.165, 1.54) is 12.5 Å². The van der Waals surface area contributed by atoms with Crippen LogP contribution >= 0.6 is 0 Å². The number of H-pyrrole nitrogens is 1. The van der Waals surface area contributed by atoms with E-state index >= 15 is 0 Å². The summed E-state index contributed by atoms with van der Waals surface area (Å²) in [6, 6.07) is 0. The number of nitrogens with one attached hydrogen (secondary N) is 1. The van der Waals surface area contributed by atoms with E-state index in [1.54, 1.807) is 0 Å². The number of imidazole rings is 1. The molecule has 0 radical (unpaired) electrons. The zero-order valence-electron chi connectivity index (χ0n) is 6.32. The molecule has 1 aromatic rings. The molecule has 2 heterocycles. The van der Waals surface area contributed by atoms with Gasteiger partial charge in [0, 0.05) is 0 Å². The zero-order valence-corrected chi connectivity index (χ0v) is 6.32. The summed E-state index contributed by atoms with van der Waals surface area (Å²) in [5.74, 6) is -0.374. The van der Waals surface area contributed by atoms with Crippen LogP contribution in [0, 0.1) is 0 Å². The quantitative estimate of drug-likeness (QED) is 0.629. The SMILES string of the molecule is O=C(OC1COC1)c1cnc[nH]1. The minimum Gasteiger partial charge on any atom is -0.453 e. The Labute approximate surface area is 68.7 Å². The van der Waals surface area contributed by atoms with Crippen LogP contribution in [0.4, 0.5) is 0 Å². The molecule has 0 amide bonds. The van der Waals surface area contributed by atoms with E-state index in [0.717, 1.165) is 0 Å². The van der Waals surface area contributed by atoms with Gasteiger partial charge in [-0.15, -0.1) is 0 Å². The smallest absolute Gasteiger partial charge is 0.356 e. The van der Waals surface area contributed by atoms with Crippen LogP contribution in [0.25, 0.3) is 0 Å². The van der Waals surface area contributed by atoms with Gasteiger partial charge in [-0.25, -0.2) is 9.78 Å². The van der Waals surface area contributed by atoms with Crippen molar-refractivity contribution < 1.29 is 14.3 Å². The molecule has 1 saturated heterocycles. The molecule has 1 aromatic heterocycles. The summed E-state index contributed by atoms with van der Waals surface area (Å²) in [5.41, 5.74) is 0.377. The van der Waals surface area contributed by atoms with Crippen molar-refractivity contribution in [3.8, 4) is 0 Å². The standard InChI is InChI=1S/C7H8N2O3/c10-7(6-1-8-4-9-6)12-5-2-11-3-5/h1,4-5H,2-3H2,(H,8,9). The van der Waals surface area contributed by atoms with Gasteiger partial charge in [0.05, 0.1) is 25.7 Å². The van der Waals surface area contributed by atoms with Crippen LogP contribution < -0.4 is 0 Å². The van der Waals surface area contributed by atoms with Gasteiger partial charge in [-0.3, -0.25) is 0 Å². The number of carbonyl (C=O) groups excluding carboxylic acids is 1. The van der Waals surface area contributed by atoms with E-state index in [4.69, 9.17) is 9.47 Å². The highest BCUT2D eigenvalue weighted by atomic mass is 16.6. The highest BCUT2D eigenvalue weighted by Gasteiger charge is 2.23. The molecule has 1 aliphatic rings. The Hall–Kier alpha value is -1.36. The van der Waals surface area contributed by atoms with Gasteiger partial charge in [0.25, 0.3) is 0 Å². The van der Waals surface area contributed by atoms with Crippen molar-refractivity contribution in [2.24, 2.45) is 0 Å². The fourth-order valence-corrected chi connectivity index (χ4v) is 0.864. The van der Waals surface area contributed by atoms with E-state index in [9.17, 15) is 4.79 Å². The Morgan fingerprint density at radius 3 is 3.08 bits per heavy atom. The Morgan fingerprint density at radius 2 is 2.58 bits per heavy atom. The maximum absolute atomic E-state index is 11.2. The minimum absolute atomic E-state index is 0.0826. The molecular formula is C7H8N2O3. The summed E-state index contributed by atoms with van der Waals surface area (Å²) in [5, 5.41) is 0. The molecule has 5 heteroatoms. The largest absolute Gasteiger partial charge is 0.453 e. The van der Waals surface area contributed by atoms with Gasteiger partial charge in [-0.1, -0.05) is 0 Å². The van der Waals surface area contributed by atoms with Crippen molar-refractivity contribution in [3.05, 3.63) is 18.2 Å². The lowest BCUT2D eigenvalue weighted by Crippen LogP contribution is -2.37. The van der Waals surface area contributed by atoms with Gasteiger partial charge in [-0.05, 0) is 0 Å². The Balaban J connectivity index is 1.92. The summed E-state index contributed by atoms with van der Waals surface area (Å²) in [4.78, 5) is 17.5. The minimum atomic E-state index is -0.374. The van der Waals surface area contributed by atoms with E-state index in [2.05, 4.69) is 9.97 Å². The first kappa shape index (κ1) is 7.30. The Morgan fingerprint density at radius 1 is 1.75 bits per heavy atom. The molecule has 0 bridgehead atoms. The van der Waals surface area contributed by atoms with Gasteiger partial charge in [-0.2, -0.15) is 0 Å². The molecule has 1 N–H and O–H groups in total. The van der Waals surface area contributed by atoms with E-state index < -0.39 is 0 Å². The lowest BCUT2D eigenvalue weighted by atomic mass is 10.3. The molecule has 1 fully saturated rings. The van der Waals surface area contributed by atoms with Gasteiger partial charge >= 0.3 is 5.97 Å². The Bertz CT molecular complexity index is 266. The molecule has 0 aromatic carbocycles. The number of aromatic amines is 1. The molecule has 2 rings (SSSR count). The van der Waals surface area contributed by atoms with Crippen LogP contribution in [0.1, 0.15) is 10.5 Å². The van der Waals surface area contributed by atoms with Crippen molar-refractivity contribution in [1.29, 1.82) is 0 Å².